The summed E-state index contributed by atoms with van der Waals surface area (Å²) in [6.45, 7) is 3.34. The molecule has 0 radical (unpaired) electrons. The summed E-state index contributed by atoms with van der Waals surface area (Å²) in [6, 6.07) is 0.572. The van der Waals surface area contributed by atoms with Crippen molar-refractivity contribution in [3.8, 4) is 0 Å². The molecule has 2 saturated heterocycles. The van der Waals surface area contributed by atoms with E-state index in [0.29, 0.717) is 31.8 Å². The average Bonchev–Trinajstić information content (AvgIpc) is 3.12. The van der Waals surface area contributed by atoms with Gasteiger partial charge in [-0.3, -0.25) is 14.5 Å². The molecule has 1 saturated carbocycles. The molecule has 0 bridgehead atoms. The minimum Gasteiger partial charge on any atom is -0.481 e. The Bertz CT molecular complexity index is 414. The lowest BCUT2D eigenvalue weighted by molar-refractivity contribution is -0.141. The largest absolute Gasteiger partial charge is 0.481 e. The fraction of sp³-hybridized carbons (Fsp3) is 0.867. The van der Waals surface area contributed by atoms with E-state index in [4.69, 9.17) is 9.84 Å². The zero-order valence-corrected chi connectivity index (χ0v) is 12.3. The summed E-state index contributed by atoms with van der Waals surface area (Å²) in [5, 5.41) is 11.9. The quantitative estimate of drug-likeness (QED) is 0.788. The van der Waals surface area contributed by atoms with Gasteiger partial charge in [0, 0.05) is 25.0 Å². The molecule has 2 N–H and O–H groups in total. The molecule has 2 aliphatic heterocycles. The van der Waals surface area contributed by atoms with Gasteiger partial charge in [-0.1, -0.05) is 0 Å². The van der Waals surface area contributed by atoms with E-state index in [1.54, 1.807) is 0 Å². The van der Waals surface area contributed by atoms with Crippen molar-refractivity contribution < 1.29 is 19.4 Å². The number of nitrogens with zero attached hydrogens (tertiary/aromatic N) is 1. The number of carboxylic acid groups (broad SMARTS) is 1. The number of carbonyl (C=O) groups is 2. The molecule has 2 unspecified atom stereocenters. The maximum atomic E-state index is 12.1. The fourth-order valence-corrected chi connectivity index (χ4v) is 3.81. The first-order valence-electron chi connectivity index (χ1n) is 7.99. The maximum Gasteiger partial charge on any atom is 0.306 e. The fourth-order valence-electron chi connectivity index (χ4n) is 3.81. The standard InChI is InChI=1S/C15H24N2O4/c18-14(10-3-4-11(6-10)15(19)20)16-7-13-8-17-5-1-2-12(17)9-21-13/h10-13H,1-9H2,(H,16,18)(H,19,20)/t10-,11+,12?,13?/m1/s1. The third kappa shape index (κ3) is 3.37. The molecular formula is C15H24N2O4. The Labute approximate surface area is 124 Å². The van der Waals surface area contributed by atoms with Crippen LogP contribution in [0.4, 0.5) is 0 Å². The van der Waals surface area contributed by atoms with Gasteiger partial charge in [-0.05, 0) is 38.6 Å². The molecule has 4 atom stereocenters. The van der Waals surface area contributed by atoms with E-state index in [0.717, 1.165) is 19.7 Å². The Hall–Kier alpha value is -1.14. The lowest BCUT2D eigenvalue weighted by Crippen LogP contribution is -2.50. The maximum absolute atomic E-state index is 12.1. The molecule has 0 aromatic heterocycles. The molecule has 6 heteroatoms. The van der Waals surface area contributed by atoms with E-state index in [9.17, 15) is 9.59 Å². The number of carbonyl (C=O) groups excluding carboxylic acids is 1. The van der Waals surface area contributed by atoms with Crippen molar-refractivity contribution in [2.75, 3.05) is 26.2 Å². The van der Waals surface area contributed by atoms with Crippen molar-refractivity contribution in [1.82, 2.24) is 10.2 Å². The molecule has 3 rings (SSSR count). The first kappa shape index (κ1) is 14.8. The molecule has 3 fully saturated rings. The highest BCUT2D eigenvalue weighted by Gasteiger charge is 2.35. The second-order valence-corrected chi connectivity index (χ2v) is 6.54. The summed E-state index contributed by atoms with van der Waals surface area (Å²) in [5.74, 6) is -1.28. The molecule has 3 aliphatic rings. The van der Waals surface area contributed by atoms with Crippen LogP contribution in [-0.2, 0) is 14.3 Å². The Morgan fingerprint density at radius 1 is 1.24 bits per heavy atom. The monoisotopic (exact) mass is 296 g/mol. The Kier molecular flexibility index (Phi) is 4.45. The van der Waals surface area contributed by atoms with E-state index in [1.807, 2.05) is 0 Å². The number of rotatable bonds is 4. The van der Waals surface area contributed by atoms with E-state index < -0.39 is 5.97 Å². The topological polar surface area (TPSA) is 78.9 Å². The van der Waals surface area contributed by atoms with Crippen LogP contribution in [0, 0.1) is 11.8 Å². The smallest absolute Gasteiger partial charge is 0.306 e. The first-order valence-corrected chi connectivity index (χ1v) is 7.99. The molecule has 118 valence electrons. The van der Waals surface area contributed by atoms with Crippen molar-refractivity contribution >= 4 is 11.9 Å². The van der Waals surface area contributed by atoms with E-state index in [1.165, 1.54) is 12.8 Å². The van der Waals surface area contributed by atoms with Crippen molar-refractivity contribution in [2.24, 2.45) is 11.8 Å². The minimum absolute atomic E-state index is 0.00843. The van der Waals surface area contributed by atoms with Crippen LogP contribution in [0.1, 0.15) is 32.1 Å². The van der Waals surface area contributed by atoms with Crippen LogP contribution in [0.5, 0.6) is 0 Å². The number of fused-ring (bicyclic) bond motifs is 1. The third-order valence-electron chi connectivity index (χ3n) is 5.12. The molecule has 0 aromatic rings. The number of hydrogen-bond donors (Lipinski definition) is 2. The zero-order valence-electron chi connectivity index (χ0n) is 12.3. The van der Waals surface area contributed by atoms with Gasteiger partial charge in [0.15, 0.2) is 0 Å². The predicted molar refractivity (Wildman–Crippen MR) is 75.8 cm³/mol. The highest BCUT2D eigenvalue weighted by molar-refractivity contribution is 5.80. The van der Waals surface area contributed by atoms with E-state index in [-0.39, 0.29) is 23.8 Å². The van der Waals surface area contributed by atoms with Crippen LogP contribution in [0.25, 0.3) is 0 Å². The molecule has 1 amide bonds. The van der Waals surface area contributed by atoms with Gasteiger partial charge in [0.25, 0.3) is 0 Å². The van der Waals surface area contributed by atoms with Gasteiger partial charge >= 0.3 is 5.97 Å². The summed E-state index contributed by atoms with van der Waals surface area (Å²) in [4.78, 5) is 25.5. The lowest BCUT2D eigenvalue weighted by atomic mass is 10.0. The zero-order chi connectivity index (χ0) is 14.8. The van der Waals surface area contributed by atoms with E-state index >= 15 is 0 Å². The van der Waals surface area contributed by atoms with Crippen LogP contribution >= 0.6 is 0 Å². The highest BCUT2D eigenvalue weighted by Crippen LogP contribution is 2.31. The van der Waals surface area contributed by atoms with Gasteiger partial charge in [-0.25, -0.2) is 0 Å². The summed E-state index contributed by atoms with van der Waals surface area (Å²) in [7, 11) is 0. The number of nitrogens with one attached hydrogen (secondary N) is 1. The second-order valence-electron chi connectivity index (χ2n) is 6.54. The summed E-state index contributed by atoms with van der Waals surface area (Å²) in [6.07, 6.45) is 4.30. The normalized spacial score (nSPS) is 36.4. The first-order chi connectivity index (χ1) is 10.1. The second kappa shape index (κ2) is 6.32. The van der Waals surface area contributed by atoms with Crippen molar-refractivity contribution in [1.29, 1.82) is 0 Å². The molecule has 0 aromatic carbocycles. The van der Waals surface area contributed by atoms with Crippen LogP contribution in [0.15, 0.2) is 0 Å². The molecular weight excluding hydrogens is 272 g/mol. The third-order valence-corrected chi connectivity index (χ3v) is 5.12. The van der Waals surface area contributed by atoms with Crippen molar-refractivity contribution in [3.63, 3.8) is 0 Å². The predicted octanol–water partition coefficient (Wildman–Crippen LogP) is 0.467. The Balaban J connectivity index is 1.41. The van der Waals surface area contributed by atoms with Crippen LogP contribution in [-0.4, -0.2) is 60.3 Å². The van der Waals surface area contributed by atoms with Gasteiger partial charge in [0.2, 0.25) is 5.91 Å². The van der Waals surface area contributed by atoms with Gasteiger partial charge in [-0.15, -0.1) is 0 Å². The number of ether oxygens (including phenoxy) is 1. The van der Waals surface area contributed by atoms with E-state index in [2.05, 4.69) is 10.2 Å². The van der Waals surface area contributed by atoms with Crippen LogP contribution < -0.4 is 5.32 Å². The van der Waals surface area contributed by atoms with Crippen LogP contribution in [0.3, 0.4) is 0 Å². The lowest BCUT2D eigenvalue weighted by Gasteiger charge is -2.35. The summed E-state index contributed by atoms with van der Waals surface area (Å²) < 4.78 is 5.81. The molecule has 1 aliphatic carbocycles. The summed E-state index contributed by atoms with van der Waals surface area (Å²) >= 11 is 0. The molecule has 6 nitrogen and oxygen atoms in total. The Morgan fingerprint density at radius 3 is 2.81 bits per heavy atom. The molecule has 2 heterocycles. The highest BCUT2D eigenvalue weighted by atomic mass is 16.5. The van der Waals surface area contributed by atoms with Gasteiger partial charge in [0.05, 0.1) is 18.6 Å². The van der Waals surface area contributed by atoms with Crippen molar-refractivity contribution in [3.05, 3.63) is 0 Å². The minimum atomic E-state index is -0.777. The molecule has 21 heavy (non-hydrogen) atoms. The number of amides is 1. The summed E-state index contributed by atoms with van der Waals surface area (Å²) in [5.41, 5.74) is 0. The number of morpholine rings is 1. The van der Waals surface area contributed by atoms with Gasteiger partial charge in [0.1, 0.15) is 0 Å². The van der Waals surface area contributed by atoms with Crippen LogP contribution in [0.2, 0.25) is 0 Å². The number of aliphatic carboxylic acids is 1. The van der Waals surface area contributed by atoms with Gasteiger partial charge < -0.3 is 15.2 Å². The number of hydrogen-bond acceptors (Lipinski definition) is 4. The average molecular weight is 296 g/mol. The molecule has 0 spiro atoms. The van der Waals surface area contributed by atoms with Gasteiger partial charge in [-0.2, -0.15) is 0 Å². The SMILES string of the molecule is O=C(O)[C@H]1CC[C@@H](C(=O)NCC2CN3CCCC3CO2)C1. The van der Waals surface area contributed by atoms with Crippen molar-refractivity contribution in [2.45, 2.75) is 44.2 Å². The Morgan fingerprint density at radius 2 is 2.05 bits per heavy atom. The number of carboxylic acids is 1.